The summed E-state index contributed by atoms with van der Waals surface area (Å²) >= 11 is 0. The number of aliphatic imine (C=N–C) groups is 1. The molecule has 1 aliphatic heterocycles. The Morgan fingerprint density at radius 1 is 0.947 bits per heavy atom. The third kappa shape index (κ3) is 5.47. The van der Waals surface area contributed by atoms with Gasteiger partial charge in [0.15, 0.2) is 5.90 Å². The van der Waals surface area contributed by atoms with Crippen molar-refractivity contribution in [2.45, 2.75) is 77.7 Å². The van der Waals surface area contributed by atoms with Crippen LogP contribution in [0.15, 0.2) is 4.99 Å². The van der Waals surface area contributed by atoms with Crippen LogP contribution in [0.2, 0.25) is 0 Å². The van der Waals surface area contributed by atoms with Gasteiger partial charge in [0.1, 0.15) is 6.61 Å². The Hall–Kier alpha value is -0.0105. The Bertz CT molecular complexity index is 260. The Morgan fingerprint density at radius 2 is 1.47 bits per heavy atom. The standard InChI is InChI=1S/C11H19NO.C5H10.Fe/c1-8(2)10-7-13-11(12-10)9-5-3-4-6-9;1-2-4-5-3-1;/h8-10H,3-7H2,1-2H3;1-5H2;. The maximum atomic E-state index is 5.66. The molecule has 112 valence electrons. The summed E-state index contributed by atoms with van der Waals surface area (Å²) in [6.45, 7) is 5.26. The minimum absolute atomic E-state index is 0. The van der Waals surface area contributed by atoms with E-state index in [1.807, 2.05) is 0 Å². The largest absolute Gasteiger partial charge is 0.478 e. The molecule has 1 atom stereocenters. The van der Waals surface area contributed by atoms with E-state index < -0.39 is 0 Å². The zero-order chi connectivity index (χ0) is 12.8. The maximum absolute atomic E-state index is 5.66. The second-order valence-corrected chi connectivity index (χ2v) is 6.34. The average Bonchev–Trinajstić information content (AvgIpc) is 3.14. The SMILES string of the molecule is C1CCCC1.CC(C)C1COC(C2CCCC2)=N1.[Fe]. The van der Waals surface area contributed by atoms with E-state index in [0.717, 1.165) is 12.5 Å². The van der Waals surface area contributed by atoms with Crippen molar-refractivity contribution in [2.24, 2.45) is 16.8 Å². The normalized spacial score (nSPS) is 26.5. The summed E-state index contributed by atoms with van der Waals surface area (Å²) in [5, 5.41) is 0. The van der Waals surface area contributed by atoms with Crippen LogP contribution in [0.4, 0.5) is 0 Å². The van der Waals surface area contributed by atoms with Crippen LogP contribution in [0.3, 0.4) is 0 Å². The second-order valence-electron chi connectivity index (χ2n) is 6.34. The maximum Gasteiger partial charge on any atom is 0.186 e. The van der Waals surface area contributed by atoms with Crippen molar-refractivity contribution >= 4 is 5.90 Å². The van der Waals surface area contributed by atoms with Crippen molar-refractivity contribution in [3.63, 3.8) is 0 Å². The quantitative estimate of drug-likeness (QED) is 0.684. The third-order valence-electron chi connectivity index (χ3n) is 4.42. The van der Waals surface area contributed by atoms with Gasteiger partial charge in [0.2, 0.25) is 0 Å². The van der Waals surface area contributed by atoms with Crippen molar-refractivity contribution in [2.75, 3.05) is 6.61 Å². The summed E-state index contributed by atoms with van der Waals surface area (Å²) in [7, 11) is 0. The second kappa shape index (κ2) is 9.02. The molecule has 2 nitrogen and oxygen atoms in total. The first-order chi connectivity index (χ1) is 8.77. The van der Waals surface area contributed by atoms with Crippen LogP contribution in [0.5, 0.6) is 0 Å². The van der Waals surface area contributed by atoms with Crippen molar-refractivity contribution in [1.82, 2.24) is 0 Å². The van der Waals surface area contributed by atoms with Gasteiger partial charge in [-0.1, -0.05) is 58.8 Å². The van der Waals surface area contributed by atoms with Gasteiger partial charge in [0.05, 0.1) is 6.04 Å². The number of nitrogens with zero attached hydrogens (tertiary/aromatic N) is 1. The van der Waals surface area contributed by atoms with Gasteiger partial charge in [-0.3, -0.25) is 0 Å². The Kier molecular flexibility index (Phi) is 8.09. The summed E-state index contributed by atoms with van der Waals surface area (Å²) in [6, 6.07) is 0.426. The van der Waals surface area contributed by atoms with E-state index in [9.17, 15) is 0 Å². The zero-order valence-corrected chi connectivity index (χ0v) is 13.6. The minimum Gasteiger partial charge on any atom is -0.478 e. The van der Waals surface area contributed by atoms with Crippen LogP contribution in [-0.2, 0) is 21.8 Å². The molecule has 3 heteroatoms. The van der Waals surface area contributed by atoms with Gasteiger partial charge < -0.3 is 4.74 Å². The number of rotatable bonds is 2. The van der Waals surface area contributed by atoms with E-state index in [1.165, 1.54) is 57.8 Å². The molecule has 3 rings (SSSR count). The van der Waals surface area contributed by atoms with Gasteiger partial charge in [0.25, 0.3) is 0 Å². The molecular formula is C16H29FeNO. The van der Waals surface area contributed by atoms with E-state index in [0.29, 0.717) is 17.9 Å². The molecule has 0 spiro atoms. The van der Waals surface area contributed by atoms with E-state index in [4.69, 9.17) is 4.74 Å². The fourth-order valence-corrected chi connectivity index (χ4v) is 3.03. The predicted molar refractivity (Wildman–Crippen MR) is 77.1 cm³/mol. The van der Waals surface area contributed by atoms with Crippen LogP contribution in [0.1, 0.15) is 71.6 Å². The molecule has 0 radical (unpaired) electrons. The first-order valence-corrected chi connectivity index (χ1v) is 7.98. The van der Waals surface area contributed by atoms with E-state index in [2.05, 4.69) is 18.8 Å². The van der Waals surface area contributed by atoms with Gasteiger partial charge in [-0.15, -0.1) is 0 Å². The Labute approximate surface area is 129 Å². The van der Waals surface area contributed by atoms with Crippen molar-refractivity contribution in [3.8, 4) is 0 Å². The van der Waals surface area contributed by atoms with Gasteiger partial charge in [-0.2, -0.15) is 0 Å². The zero-order valence-electron chi connectivity index (χ0n) is 12.5. The number of ether oxygens (including phenoxy) is 1. The molecule has 2 saturated carbocycles. The molecule has 0 aromatic heterocycles. The number of hydrogen-bond acceptors (Lipinski definition) is 2. The van der Waals surface area contributed by atoms with Gasteiger partial charge >= 0.3 is 0 Å². The molecule has 1 unspecified atom stereocenters. The molecular weight excluding hydrogens is 278 g/mol. The molecule has 2 fully saturated rings. The molecule has 2 aliphatic carbocycles. The summed E-state index contributed by atoms with van der Waals surface area (Å²) in [4.78, 5) is 4.66. The fourth-order valence-electron chi connectivity index (χ4n) is 3.03. The molecule has 0 bridgehead atoms. The first-order valence-electron chi connectivity index (χ1n) is 7.98. The molecule has 19 heavy (non-hydrogen) atoms. The monoisotopic (exact) mass is 307 g/mol. The topological polar surface area (TPSA) is 21.6 Å². The van der Waals surface area contributed by atoms with Gasteiger partial charge in [-0.05, 0) is 18.8 Å². The summed E-state index contributed by atoms with van der Waals surface area (Å²) < 4.78 is 5.66. The summed E-state index contributed by atoms with van der Waals surface area (Å²) in [5.74, 6) is 2.35. The molecule has 0 aromatic rings. The summed E-state index contributed by atoms with van der Waals surface area (Å²) in [6.07, 6.45) is 12.8. The van der Waals surface area contributed by atoms with Crippen molar-refractivity contribution in [1.29, 1.82) is 0 Å². The van der Waals surface area contributed by atoms with E-state index >= 15 is 0 Å². The van der Waals surface area contributed by atoms with Gasteiger partial charge in [-0.25, -0.2) is 4.99 Å². The third-order valence-corrected chi connectivity index (χ3v) is 4.42. The van der Waals surface area contributed by atoms with Crippen LogP contribution in [0.25, 0.3) is 0 Å². The molecule has 0 N–H and O–H groups in total. The van der Waals surface area contributed by atoms with Crippen molar-refractivity contribution in [3.05, 3.63) is 0 Å². The molecule has 0 aromatic carbocycles. The average molecular weight is 307 g/mol. The van der Waals surface area contributed by atoms with Crippen molar-refractivity contribution < 1.29 is 21.8 Å². The molecule has 0 saturated heterocycles. The Balaban J connectivity index is 0.000000256. The first kappa shape index (κ1) is 17.0. The van der Waals surface area contributed by atoms with E-state index in [-0.39, 0.29) is 17.1 Å². The summed E-state index contributed by atoms with van der Waals surface area (Å²) in [5.41, 5.74) is 0. The van der Waals surface area contributed by atoms with Crippen LogP contribution < -0.4 is 0 Å². The van der Waals surface area contributed by atoms with Crippen LogP contribution in [0, 0.1) is 11.8 Å². The molecule has 3 aliphatic rings. The Morgan fingerprint density at radius 3 is 1.89 bits per heavy atom. The molecule has 1 heterocycles. The minimum atomic E-state index is 0. The smallest absolute Gasteiger partial charge is 0.186 e. The fraction of sp³-hybridized carbons (Fsp3) is 0.938. The molecule has 0 amide bonds. The van der Waals surface area contributed by atoms with Gasteiger partial charge in [0, 0.05) is 23.0 Å². The number of hydrogen-bond donors (Lipinski definition) is 0. The van der Waals surface area contributed by atoms with Crippen LogP contribution >= 0.6 is 0 Å². The van der Waals surface area contributed by atoms with Crippen LogP contribution in [-0.4, -0.2) is 18.5 Å². The predicted octanol–water partition coefficient (Wildman–Crippen LogP) is 4.58. The van der Waals surface area contributed by atoms with E-state index in [1.54, 1.807) is 0 Å².